The maximum atomic E-state index is 12.0. The Labute approximate surface area is 191 Å². The highest BCUT2D eigenvalue weighted by atomic mass is 79.9. The zero-order valence-electron chi connectivity index (χ0n) is 16.6. The van der Waals surface area contributed by atoms with Crippen LogP contribution in [-0.4, -0.2) is 38.5 Å². The number of anilines is 1. The number of halogens is 2. The molecule has 2 amide bonds. The van der Waals surface area contributed by atoms with Crippen LogP contribution in [0, 0.1) is 6.92 Å². The van der Waals surface area contributed by atoms with E-state index in [0.29, 0.717) is 27.2 Å². The van der Waals surface area contributed by atoms with E-state index in [-0.39, 0.29) is 13.2 Å². The van der Waals surface area contributed by atoms with Gasteiger partial charge in [0.15, 0.2) is 18.1 Å². The number of amides is 2. The van der Waals surface area contributed by atoms with Crippen LogP contribution < -0.4 is 20.2 Å². The Morgan fingerprint density at radius 3 is 2.57 bits per heavy atom. The lowest BCUT2D eigenvalue weighted by Crippen LogP contribution is -2.24. The summed E-state index contributed by atoms with van der Waals surface area (Å²) in [5, 5.41) is 6.64. The average Bonchev–Trinajstić information content (AvgIpc) is 2.70. The molecule has 0 heterocycles. The highest BCUT2D eigenvalue weighted by Gasteiger charge is 2.12. The molecule has 0 radical (unpaired) electrons. The van der Waals surface area contributed by atoms with Crippen LogP contribution in [0.1, 0.15) is 18.1 Å². The first-order valence-electron chi connectivity index (χ1n) is 8.86. The van der Waals surface area contributed by atoms with Crippen LogP contribution in [0.3, 0.4) is 0 Å². The molecule has 2 aromatic rings. The lowest BCUT2D eigenvalue weighted by Gasteiger charge is -2.12. The molecule has 0 aromatic heterocycles. The monoisotopic (exact) mass is 541 g/mol. The number of hydrogen-bond donors (Lipinski definition) is 2. The molecule has 160 valence electrons. The van der Waals surface area contributed by atoms with Crippen molar-refractivity contribution in [3.8, 4) is 11.5 Å². The van der Waals surface area contributed by atoms with Crippen LogP contribution in [0.15, 0.2) is 44.4 Å². The summed E-state index contributed by atoms with van der Waals surface area (Å²) in [5.74, 6) is 0.294. The molecule has 0 saturated heterocycles. The zero-order valence-corrected chi connectivity index (χ0v) is 19.8. The van der Waals surface area contributed by atoms with Crippen molar-refractivity contribution in [1.82, 2.24) is 5.43 Å². The number of nitrogens with zero attached hydrogens (tertiary/aromatic N) is 1. The fourth-order valence-corrected chi connectivity index (χ4v) is 2.97. The Morgan fingerprint density at radius 2 is 1.90 bits per heavy atom. The lowest BCUT2D eigenvalue weighted by molar-refractivity contribution is -0.145. The molecule has 10 heteroatoms. The number of ether oxygens (including phenoxy) is 3. The quantitative estimate of drug-likeness (QED) is 0.288. The smallest absolute Gasteiger partial charge is 0.344 e. The standard InChI is InChI=1S/C20H21Br2N3O5/c1-4-29-19(26)11-30-18-9-16(22)13(8-17(18)28-3)10-23-25-20(27)24-14-5-6-15(21)12(2)7-14/h5-10H,4,11H2,1-3H3,(H2,24,25,27)/b23-10+. The lowest BCUT2D eigenvalue weighted by atomic mass is 10.2. The van der Waals surface area contributed by atoms with Crippen molar-refractivity contribution >= 4 is 55.8 Å². The molecular formula is C20H21Br2N3O5. The normalized spacial score (nSPS) is 10.6. The maximum absolute atomic E-state index is 12.0. The molecule has 0 atom stereocenters. The second kappa shape index (κ2) is 11.6. The second-order valence-corrected chi connectivity index (χ2v) is 7.62. The Bertz CT molecular complexity index is 950. The fraction of sp³-hybridized carbons (Fsp3) is 0.250. The second-order valence-electron chi connectivity index (χ2n) is 5.91. The van der Waals surface area contributed by atoms with Crippen LogP contribution in [0.4, 0.5) is 10.5 Å². The van der Waals surface area contributed by atoms with E-state index in [9.17, 15) is 9.59 Å². The first kappa shape index (κ1) is 23.7. The van der Waals surface area contributed by atoms with E-state index in [0.717, 1.165) is 10.0 Å². The first-order chi connectivity index (χ1) is 14.3. The van der Waals surface area contributed by atoms with Crippen molar-refractivity contribution in [3.63, 3.8) is 0 Å². The van der Waals surface area contributed by atoms with Gasteiger partial charge in [0, 0.05) is 20.2 Å². The third kappa shape index (κ3) is 7.03. The molecule has 0 aliphatic rings. The van der Waals surface area contributed by atoms with Gasteiger partial charge in [0.2, 0.25) is 0 Å². The molecule has 0 bridgehead atoms. The number of hydrogen-bond acceptors (Lipinski definition) is 6. The van der Waals surface area contributed by atoms with Gasteiger partial charge in [0.05, 0.1) is 19.9 Å². The third-order valence-electron chi connectivity index (χ3n) is 3.72. The summed E-state index contributed by atoms with van der Waals surface area (Å²) in [7, 11) is 1.48. The van der Waals surface area contributed by atoms with Crippen LogP contribution in [-0.2, 0) is 9.53 Å². The average molecular weight is 543 g/mol. The Balaban J connectivity index is 2.01. The van der Waals surface area contributed by atoms with E-state index in [4.69, 9.17) is 14.2 Å². The van der Waals surface area contributed by atoms with Crippen LogP contribution >= 0.6 is 31.9 Å². The van der Waals surface area contributed by atoms with Gasteiger partial charge in [0.25, 0.3) is 0 Å². The minimum Gasteiger partial charge on any atom is -0.493 e. The van der Waals surface area contributed by atoms with Gasteiger partial charge in [0.1, 0.15) is 0 Å². The summed E-state index contributed by atoms with van der Waals surface area (Å²) >= 11 is 6.82. The Hall–Kier alpha value is -2.59. The van der Waals surface area contributed by atoms with Crippen molar-refractivity contribution in [1.29, 1.82) is 0 Å². The summed E-state index contributed by atoms with van der Waals surface area (Å²) in [6.45, 7) is 3.69. The number of benzene rings is 2. The number of aryl methyl sites for hydroxylation is 1. The minimum atomic E-state index is -0.481. The molecule has 8 nitrogen and oxygen atoms in total. The minimum absolute atomic E-state index is 0.235. The topological polar surface area (TPSA) is 98.3 Å². The molecule has 0 aliphatic heterocycles. The summed E-state index contributed by atoms with van der Waals surface area (Å²) in [5.41, 5.74) is 4.68. The van der Waals surface area contributed by atoms with Crippen LogP contribution in [0.5, 0.6) is 11.5 Å². The van der Waals surface area contributed by atoms with Gasteiger partial charge >= 0.3 is 12.0 Å². The number of urea groups is 1. The van der Waals surface area contributed by atoms with E-state index in [1.54, 1.807) is 25.1 Å². The van der Waals surface area contributed by atoms with E-state index < -0.39 is 12.0 Å². The van der Waals surface area contributed by atoms with E-state index >= 15 is 0 Å². The third-order valence-corrected chi connectivity index (χ3v) is 5.30. The van der Waals surface area contributed by atoms with Crippen LogP contribution in [0.2, 0.25) is 0 Å². The Kier molecular flexibility index (Phi) is 9.13. The van der Waals surface area contributed by atoms with Crippen molar-refractivity contribution in [2.24, 2.45) is 5.10 Å². The number of nitrogens with one attached hydrogen (secondary N) is 2. The zero-order chi connectivity index (χ0) is 22.1. The Morgan fingerprint density at radius 1 is 1.13 bits per heavy atom. The van der Waals surface area contributed by atoms with Crippen molar-refractivity contribution in [2.45, 2.75) is 13.8 Å². The summed E-state index contributed by atoms with van der Waals surface area (Å²) < 4.78 is 17.2. The number of carbonyl (C=O) groups is 2. The van der Waals surface area contributed by atoms with Crippen molar-refractivity contribution in [3.05, 3.63) is 50.4 Å². The van der Waals surface area contributed by atoms with Gasteiger partial charge in [-0.15, -0.1) is 0 Å². The highest BCUT2D eigenvalue weighted by molar-refractivity contribution is 9.10. The number of rotatable bonds is 8. The van der Waals surface area contributed by atoms with E-state index in [2.05, 4.69) is 47.7 Å². The largest absolute Gasteiger partial charge is 0.493 e. The van der Waals surface area contributed by atoms with Gasteiger partial charge in [-0.3, -0.25) is 0 Å². The van der Waals surface area contributed by atoms with Gasteiger partial charge in [-0.05, 0) is 65.7 Å². The molecule has 2 aromatic carbocycles. The van der Waals surface area contributed by atoms with Crippen molar-refractivity contribution in [2.75, 3.05) is 25.6 Å². The molecule has 2 rings (SSSR count). The van der Waals surface area contributed by atoms with Gasteiger partial charge < -0.3 is 19.5 Å². The van der Waals surface area contributed by atoms with Gasteiger partial charge in [-0.1, -0.05) is 15.9 Å². The number of hydrazone groups is 1. The fourth-order valence-electron chi connectivity index (χ4n) is 2.30. The highest BCUT2D eigenvalue weighted by Crippen LogP contribution is 2.33. The SMILES string of the molecule is CCOC(=O)COc1cc(Br)c(/C=N/NC(=O)Nc2ccc(Br)c(C)c2)cc1OC. The molecule has 0 spiro atoms. The van der Waals surface area contributed by atoms with E-state index in [1.165, 1.54) is 13.3 Å². The summed E-state index contributed by atoms with van der Waals surface area (Å²) in [6, 6.07) is 8.28. The molecule has 0 fully saturated rings. The van der Waals surface area contributed by atoms with Gasteiger partial charge in [-0.25, -0.2) is 15.0 Å². The molecule has 2 N–H and O–H groups in total. The molecule has 30 heavy (non-hydrogen) atoms. The number of methoxy groups -OCH3 is 1. The number of carbonyl (C=O) groups excluding carboxylic acids is 2. The summed E-state index contributed by atoms with van der Waals surface area (Å²) in [6.07, 6.45) is 1.45. The van der Waals surface area contributed by atoms with Crippen LogP contribution in [0.25, 0.3) is 0 Å². The molecule has 0 aliphatic carbocycles. The predicted octanol–water partition coefficient (Wildman–Crippen LogP) is 4.63. The van der Waals surface area contributed by atoms with E-state index in [1.807, 2.05) is 19.1 Å². The molecule has 0 unspecified atom stereocenters. The molecule has 0 saturated carbocycles. The predicted molar refractivity (Wildman–Crippen MR) is 121 cm³/mol. The first-order valence-corrected chi connectivity index (χ1v) is 10.4. The summed E-state index contributed by atoms with van der Waals surface area (Å²) in [4.78, 5) is 23.5. The maximum Gasteiger partial charge on any atom is 0.344 e. The van der Waals surface area contributed by atoms with Crippen molar-refractivity contribution < 1.29 is 23.8 Å². The molecular weight excluding hydrogens is 522 g/mol. The number of esters is 1. The van der Waals surface area contributed by atoms with Gasteiger partial charge in [-0.2, -0.15) is 5.10 Å².